The summed E-state index contributed by atoms with van der Waals surface area (Å²) in [5, 5.41) is 3.54. The van der Waals surface area contributed by atoms with Gasteiger partial charge in [-0.2, -0.15) is 0 Å². The SMILES string of the molecule is CCOC(=O)C1=C(CN(C)C2CCN(C)CC2)N(CC)C(=O)NC1c1cccc(Cl)c1. The molecule has 0 bridgehead atoms. The number of nitrogens with one attached hydrogen (secondary N) is 1. The van der Waals surface area contributed by atoms with E-state index in [1.807, 2.05) is 19.1 Å². The Morgan fingerprint density at radius 2 is 2.00 bits per heavy atom. The Morgan fingerprint density at radius 1 is 1.29 bits per heavy atom. The van der Waals surface area contributed by atoms with Crippen molar-refractivity contribution in [3.05, 3.63) is 46.1 Å². The number of rotatable bonds is 7. The van der Waals surface area contributed by atoms with E-state index in [1.54, 1.807) is 24.0 Å². The van der Waals surface area contributed by atoms with E-state index in [0.29, 0.717) is 35.4 Å². The summed E-state index contributed by atoms with van der Waals surface area (Å²) in [5.41, 5.74) is 1.94. The molecule has 0 spiro atoms. The Kier molecular flexibility index (Phi) is 7.97. The van der Waals surface area contributed by atoms with Crippen LogP contribution in [0.1, 0.15) is 38.3 Å². The van der Waals surface area contributed by atoms with Crippen molar-refractivity contribution in [2.24, 2.45) is 0 Å². The molecule has 1 aromatic carbocycles. The molecule has 2 amide bonds. The Hall–Kier alpha value is -2.09. The van der Waals surface area contributed by atoms with Crippen molar-refractivity contribution in [3.8, 4) is 0 Å². The topological polar surface area (TPSA) is 65.1 Å². The van der Waals surface area contributed by atoms with Crippen LogP contribution in [0.25, 0.3) is 0 Å². The standard InChI is InChI=1S/C23H33ClN4O3/c1-5-28-19(15-27(4)18-10-12-26(3)13-11-18)20(22(29)31-6-2)21(25-23(28)30)16-8-7-9-17(24)14-16/h7-9,14,18,21H,5-6,10-13,15H2,1-4H3,(H,25,30). The number of benzene rings is 1. The van der Waals surface area contributed by atoms with Gasteiger partial charge in [0, 0.05) is 29.9 Å². The molecule has 1 N–H and O–H groups in total. The number of esters is 1. The number of nitrogens with zero attached hydrogens (tertiary/aromatic N) is 3. The first-order valence-electron chi connectivity index (χ1n) is 11.0. The molecule has 1 saturated heterocycles. The molecule has 1 atom stereocenters. The van der Waals surface area contributed by atoms with Crippen molar-refractivity contribution >= 4 is 23.6 Å². The van der Waals surface area contributed by atoms with Crippen LogP contribution in [0.3, 0.4) is 0 Å². The zero-order valence-corrected chi connectivity index (χ0v) is 19.6. The monoisotopic (exact) mass is 448 g/mol. The second-order valence-corrected chi connectivity index (χ2v) is 8.65. The maximum absolute atomic E-state index is 13.1. The van der Waals surface area contributed by atoms with Gasteiger partial charge in [-0.1, -0.05) is 23.7 Å². The lowest BCUT2D eigenvalue weighted by Gasteiger charge is -2.40. The molecular formula is C23H33ClN4O3. The number of ether oxygens (including phenoxy) is 1. The molecule has 2 aliphatic rings. The Bertz CT molecular complexity index is 836. The van der Waals surface area contributed by atoms with Crippen LogP contribution in [0.4, 0.5) is 4.79 Å². The molecule has 1 fully saturated rings. The highest BCUT2D eigenvalue weighted by Crippen LogP contribution is 2.33. The molecule has 7 nitrogen and oxygen atoms in total. The fourth-order valence-electron chi connectivity index (χ4n) is 4.39. The lowest BCUT2D eigenvalue weighted by molar-refractivity contribution is -0.139. The Balaban J connectivity index is 2.02. The molecule has 0 aliphatic carbocycles. The van der Waals surface area contributed by atoms with Crippen molar-refractivity contribution in [1.82, 2.24) is 20.0 Å². The molecule has 170 valence electrons. The minimum atomic E-state index is -0.603. The number of likely N-dealkylation sites (tertiary alicyclic amines) is 1. The number of amides is 2. The lowest BCUT2D eigenvalue weighted by Crippen LogP contribution is -2.52. The van der Waals surface area contributed by atoms with Gasteiger partial charge in [-0.05, 0) is 71.6 Å². The number of likely N-dealkylation sites (N-methyl/N-ethyl adjacent to an activating group) is 2. The number of halogens is 1. The molecule has 2 aliphatic heterocycles. The molecule has 1 unspecified atom stereocenters. The quantitative estimate of drug-likeness (QED) is 0.648. The largest absolute Gasteiger partial charge is 0.463 e. The van der Waals surface area contributed by atoms with Crippen LogP contribution in [-0.2, 0) is 9.53 Å². The second kappa shape index (κ2) is 10.5. The highest BCUT2D eigenvalue weighted by molar-refractivity contribution is 6.30. The van der Waals surface area contributed by atoms with Gasteiger partial charge in [-0.15, -0.1) is 0 Å². The van der Waals surface area contributed by atoms with Gasteiger partial charge in [0.05, 0.1) is 18.2 Å². The first-order chi connectivity index (χ1) is 14.8. The smallest absolute Gasteiger partial charge is 0.338 e. The summed E-state index contributed by atoms with van der Waals surface area (Å²) < 4.78 is 5.43. The Labute approximate surface area is 190 Å². The van der Waals surface area contributed by atoms with E-state index >= 15 is 0 Å². The number of urea groups is 1. The summed E-state index contributed by atoms with van der Waals surface area (Å²) in [6.07, 6.45) is 2.12. The fraction of sp³-hybridized carbons (Fsp3) is 0.565. The number of hydrogen-bond donors (Lipinski definition) is 1. The predicted molar refractivity (Wildman–Crippen MR) is 122 cm³/mol. The van der Waals surface area contributed by atoms with Gasteiger partial charge < -0.3 is 15.0 Å². The van der Waals surface area contributed by atoms with Gasteiger partial charge in [0.1, 0.15) is 0 Å². The molecule has 0 radical (unpaired) electrons. The van der Waals surface area contributed by atoms with E-state index in [9.17, 15) is 9.59 Å². The maximum Gasteiger partial charge on any atom is 0.338 e. The van der Waals surface area contributed by atoms with Crippen LogP contribution >= 0.6 is 11.6 Å². The zero-order valence-electron chi connectivity index (χ0n) is 18.9. The van der Waals surface area contributed by atoms with E-state index in [4.69, 9.17) is 16.3 Å². The summed E-state index contributed by atoms with van der Waals surface area (Å²) in [5.74, 6) is -0.405. The van der Waals surface area contributed by atoms with Crippen LogP contribution in [0.15, 0.2) is 35.5 Å². The van der Waals surface area contributed by atoms with Gasteiger partial charge >= 0.3 is 12.0 Å². The summed E-state index contributed by atoms with van der Waals surface area (Å²) in [7, 11) is 4.21. The molecule has 3 rings (SSSR count). The van der Waals surface area contributed by atoms with Crippen LogP contribution in [-0.4, -0.2) is 79.6 Å². The summed E-state index contributed by atoms with van der Waals surface area (Å²) in [6.45, 7) is 7.02. The van der Waals surface area contributed by atoms with Gasteiger partial charge in [-0.3, -0.25) is 9.80 Å². The summed E-state index contributed by atoms with van der Waals surface area (Å²) in [6, 6.07) is 6.84. The lowest BCUT2D eigenvalue weighted by atomic mass is 9.93. The number of hydrogen-bond acceptors (Lipinski definition) is 5. The summed E-state index contributed by atoms with van der Waals surface area (Å²) in [4.78, 5) is 32.4. The highest BCUT2D eigenvalue weighted by Gasteiger charge is 2.38. The first kappa shape index (κ1) is 23.6. The van der Waals surface area contributed by atoms with E-state index in [1.165, 1.54) is 0 Å². The molecule has 0 saturated carbocycles. The van der Waals surface area contributed by atoms with Crippen molar-refractivity contribution < 1.29 is 14.3 Å². The number of carbonyl (C=O) groups excluding carboxylic acids is 2. The van der Waals surface area contributed by atoms with Crippen LogP contribution in [0.5, 0.6) is 0 Å². The maximum atomic E-state index is 13.1. The van der Waals surface area contributed by atoms with E-state index in [2.05, 4.69) is 29.2 Å². The average Bonchev–Trinajstić information content (AvgIpc) is 2.74. The Morgan fingerprint density at radius 3 is 2.61 bits per heavy atom. The van der Waals surface area contributed by atoms with Gasteiger partial charge in [0.15, 0.2) is 0 Å². The third-order valence-electron chi connectivity index (χ3n) is 6.14. The van der Waals surface area contributed by atoms with Crippen molar-refractivity contribution in [2.45, 2.75) is 38.8 Å². The molecule has 2 heterocycles. The van der Waals surface area contributed by atoms with Crippen molar-refractivity contribution in [1.29, 1.82) is 0 Å². The van der Waals surface area contributed by atoms with Gasteiger partial charge in [-0.25, -0.2) is 9.59 Å². The highest BCUT2D eigenvalue weighted by atomic mass is 35.5. The van der Waals surface area contributed by atoms with Crippen LogP contribution < -0.4 is 5.32 Å². The van der Waals surface area contributed by atoms with E-state index < -0.39 is 12.0 Å². The summed E-state index contributed by atoms with van der Waals surface area (Å²) >= 11 is 6.21. The molecular weight excluding hydrogens is 416 g/mol. The third kappa shape index (κ3) is 5.40. The zero-order chi connectivity index (χ0) is 22.5. The van der Waals surface area contributed by atoms with Crippen LogP contribution in [0, 0.1) is 0 Å². The molecule has 8 heteroatoms. The third-order valence-corrected chi connectivity index (χ3v) is 6.38. The normalized spacial score (nSPS) is 20.9. The van der Waals surface area contributed by atoms with E-state index in [-0.39, 0.29) is 12.6 Å². The fourth-order valence-corrected chi connectivity index (χ4v) is 4.59. The number of carbonyl (C=O) groups is 2. The molecule has 0 aromatic heterocycles. The molecule has 31 heavy (non-hydrogen) atoms. The first-order valence-corrected chi connectivity index (χ1v) is 11.4. The van der Waals surface area contributed by atoms with Crippen molar-refractivity contribution in [3.63, 3.8) is 0 Å². The molecule has 1 aromatic rings. The second-order valence-electron chi connectivity index (χ2n) is 8.21. The van der Waals surface area contributed by atoms with Crippen molar-refractivity contribution in [2.75, 3.05) is 46.9 Å². The minimum absolute atomic E-state index is 0.215. The predicted octanol–water partition coefficient (Wildman–Crippen LogP) is 3.27. The van der Waals surface area contributed by atoms with Gasteiger partial charge in [0.25, 0.3) is 0 Å². The average molecular weight is 449 g/mol. The van der Waals surface area contributed by atoms with E-state index in [0.717, 1.165) is 31.5 Å². The van der Waals surface area contributed by atoms with Gasteiger partial charge in [0.2, 0.25) is 0 Å². The minimum Gasteiger partial charge on any atom is -0.463 e. The van der Waals surface area contributed by atoms with Crippen LogP contribution in [0.2, 0.25) is 5.02 Å². The number of piperidine rings is 1.